The minimum atomic E-state index is -4.56. The fraction of sp³-hybridized carbons (Fsp3) is 0.688. The summed E-state index contributed by atoms with van der Waals surface area (Å²) in [5, 5.41) is 10.4. The van der Waals surface area contributed by atoms with Crippen molar-refractivity contribution in [3.63, 3.8) is 0 Å². The first kappa shape index (κ1) is 19.3. The largest absolute Gasteiger partial charge is 0.469 e. The normalized spacial score (nSPS) is 35.5. The minimum absolute atomic E-state index is 0.0598. The molecule has 3 N–H and O–H groups in total. The fourth-order valence-corrected chi connectivity index (χ4v) is 3.92. The number of phosphoric acid groups is 1. The Morgan fingerprint density at radius 1 is 1.29 bits per heavy atom. The van der Waals surface area contributed by atoms with Crippen LogP contribution in [0.4, 0.5) is 0 Å². The zero-order valence-electron chi connectivity index (χ0n) is 13.7. The lowest BCUT2D eigenvalue weighted by Crippen LogP contribution is -2.22. The summed E-state index contributed by atoms with van der Waals surface area (Å²) >= 11 is 0. The summed E-state index contributed by atoms with van der Waals surface area (Å²) in [4.78, 5) is 29.7. The van der Waals surface area contributed by atoms with Gasteiger partial charge >= 0.3 is 13.8 Å². The van der Waals surface area contributed by atoms with Gasteiger partial charge < -0.3 is 19.6 Å². The molecule has 0 aromatic heterocycles. The number of fused-ring (bicyclic) bond motifs is 1. The van der Waals surface area contributed by atoms with Crippen LogP contribution >= 0.6 is 7.82 Å². The zero-order valence-corrected chi connectivity index (χ0v) is 14.5. The molecule has 0 radical (unpaired) electrons. The van der Waals surface area contributed by atoms with Gasteiger partial charge in [-0.05, 0) is 56.9 Å². The summed E-state index contributed by atoms with van der Waals surface area (Å²) in [6, 6.07) is 0. The zero-order chi connectivity index (χ0) is 17.7. The number of ether oxygens (including phenoxy) is 1. The van der Waals surface area contributed by atoms with Crippen LogP contribution in [0.5, 0.6) is 0 Å². The van der Waals surface area contributed by atoms with E-state index in [9.17, 15) is 14.5 Å². The number of rotatable bonds is 2. The highest BCUT2D eigenvalue weighted by Gasteiger charge is 2.39. The first-order chi connectivity index (χ1) is 11.2. The Balaban J connectivity index is 2.12. The molecule has 0 spiro atoms. The molecule has 0 bridgehead atoms. The van der Waals surface area contributed by atoms with Gasteiger partial charge in [0.25, 0.3) is 0 Å². The van der Waals surface area contributed by atoms with Crippen molar-refractivity contribution in [3.8, 4) is 0 Å². The van der Waals surface area contributed by atoms with Gasteiger partial charge in [-0.25, -0.2) is 9.36 Å². The van der Waals surface area contributed by atoms with E-state index in [0.29, 0.717) is 12.8 Å². The van der Waals surface area contributed by atoms with Crippen molar-refractivity contribution in [2.45, 2.75) is 57.3 Å². The highest BCUT2D eigenvalue weighted by molar-refractivity contribution is 7.46. The van der Waals surface area contributed by atoms with E-state index < -0.39 is 26.0 Å². The predicted octanol–water partition coefficient (Wildman–Crippen LogP) is 2.08. The van der Waals surface area contributed by atoms with Gasteiger partial charge in [0.2, 0.25) is 0 Å². The Labute approximate surface area is 141 Å². The van der Waals surface area contributed by atoms with E-state index >= 15 is 0 Å². The molecule has 2 rings (SSSR count). The Morgan fingerprint density at radius 3 is 2.75 bits per heavy atom. The van der Waals surface area contributed by atoms with E-state index in [2.05, 4.69) is 0 Å². The molecule has 1 fully saturated rings. The lowest BCUT2D eigenvalue weighted by molar-refractivity contribution is -0.142. The number of phosphoric ester groups is 1. The molecule has 8 heteroatoms. The Kier molecular flexibility index (Phi) is 6.78. The van der Waals surface area contributed by atoms with Crippen LogP contribution < -0.4 is 0 Å². The lowest BCUT2D eigenvalue weighted by Gasteiger charge is -2.19. The maximum absolute atomic E-state index is 11.7. The van der Waals surface area contributed by atoms with Gasteiger partial charge in [0, 0.05) is 6.08 Å². The first-order valence-corrected chi connectivity index (χ1v) is 9.75. The van der Waals surface area contributed by atoms with E-state index in [4.69, 9.17) is 19.0 Å². The monoisotopic (exact) mass is 360 g/mol. The molecule has 1 saturated carbocycles. The van der Waals surface area contributed by atoms with Gasteiger partial charge in [-0.15, -0.1) is 0 Å². The molecule has 1 aliphatic heterocycles. The molecular formula is C16H25O7P. The highest BCUT2D eigenvalue weighted by atomic mass is 31.2. The van der Waals surface area contributed by atoms with Crippen LogP contribution in [0.1, 0.15) is 39.0 Å². The van der Waals surface area contributed by atoms with Crippen LogP contribution in [0.2, 0.25) is 0 Å². The van der Waals surface area contributed by atoms with Crippen LogP contribution in [0.15, 0.2) is 24.3 Å². The number of esters is 1. The van der Waals surface area contributed by atoms with E-state index in [0.717, 1.165) is 19.3 Å². The highest BCUT2D eigenvalue weighted by Crippen LogP contribution is 2.46. The molecule has 0 amide bonds. The Hall–Kier alpha value is -0.980. The van der Waals surface area contributed by atoms with Crippen LogP contribution in [0.3, 0.4) is 0 Å². The molecule has 136 valence electrons. The van der Waals surface area contributed by atoms with Gasteiger partial charge in [0.1, 0.15) is 0 Å². The summed E-state index contributed by atoms with van der Waals surface area (Å²) in [5.41, 5.74) is 0. The summed E-state index contributed by atoms with van der Waals surface area (Å²) in [6.07, 6.45) is 8.09. The van der Waals surface area contributed by atoms with Crippen molar-refractivity contribution in [2.75, 3.05) is 0 Å². The van der Waals surface area contributed by atoms with Crippen molar-refractivity contribution < 1.29 is 33.5 Å². The molecule has 7 nitrogen and oxygen atoms in total. The standard InChI is InChI=1S/C16H25O7P/c1-11-5-3-2-4-6-12-9-13(23-24(19,20)21)10-14(12)15(17)7-8-16(18)22-11/h4,6-8,11-15,17H,2-3,5,9-10H2,1H3,(H2,19,20,21). The molecule has 1 aliphatic carbocycles. The molecule has 5 unspecified atom stereocenters. The van der Waals surface area contributed by atoms with Gasteiger partial charge in [0.15, 0.2) is 0 Å². The molecular weight excluding hydrogens is 335 g/mol. The Bertz CT molecular complexity index is 539. The van der Waals surface area contributed by atoms with Crippen LogP contribution in [-0.2, 0) is 18.6 Å². The van der Waals surface area contributed by atoms with E-state index in [1.807, 2.05) is 19.1 Å². The lowest BCUT2D eigenvalue weighted by atomic mass is 9.90. The maximum atomic E-state index is 11.7. The molecule has 1 heterocycles. The van der Waals surface area contributed by atoms with Crippen molar-refractivity contribution in [2.24, 2.45) is 11.8 Å². The molecule has 24 heavy (non-hydrogen) atoms. The van der Waals surface area contributed by atoms with Gasteiger partial charge in [-0.1, -0.05) is 12.2 Å². The second-order valence-corrected chi connectivity index (χ2v) is 7.67. The van der Waals surface area contributed by atoms with Gasteiger partial charge in [-0.2, -0.15) is 0 Å². The number of aliphatic hydroxyl groups excluding tert-OH is 1. The molecule has 0 aromatic carbocycles. The number of hydrogen-bond donors (Lipinski definition) is 3. The van der Waals surface area contributed by atoms with Crippen LogP contribution in [-0.4, -0.2) is 39.2 Å². The van der Waals surface area contributed by atoms with Crippen LogP contribution in [0, 0.1) is 11.8 Å². The number of aliphatic hydroxyl groups is 1. The van der Waals surface area contributed by atoms with Crippen molar-refractivity contribution in [1.29, 1.82) is 0 Å². The summed E-state index contributed by atoms with van der Waals surface area (Å²) in [7, 11) is -4.56. The maximum Gasteiger partial charge on any atom is 0.469 e. The summed E-state index contributed by atoms with van der Waals surface area (Å²) < 4.78 is 21.1. The third-order valence-corrected chi connectivity index (χ3v) is 5.03. The average molecular weight is 360 g/mol. The van der Waals surface area contributed by atoms with Crippen molar-refractivity contribution in [1.82, 2.24) is 0 Å². The van der Waals surface area contributed by atoms with Crippen LogP contribution in [0.25, 0.3) is 0 Å². The topological polar surface area (TPSA) is 113 Å². The fourth-order valence-electron chi connectivity index (χ4n) is 3.36. The molecule has 0 aromatic rings. The Morgan fingerprint density at radius 2 is 2.04 bits per heavy atom. The first-order valence-electron chi connectivity index (χ1n) is 8.22. The minimum Gasteiger partial charge on any atom is -0.460 e. The second kappa shape index (κ2) is 8.41. The quantitative estimate of drug-likeness (QED) is 0.392. The van der Waals surface area contributed by atoms with Gasteiger partial charge in [-0.3, -0.25) is 4.52 Å². The number of hydrogen-bond acceptors (Lipinski definition) is 5. The summed E-state index contributed by atoms with van der Waals surface area (Å²) in [6.45, 7) is 1.84. The predicted molar refractivity (Wildman–Crippen MR) is 86.8 cm³/mol. The van der Waals surface area contributed by atoms with Crippen molar-refractivity contribution in [3.05, 3.63) is 24.3 Å². The SMILES string of the molecule is CC1CCCC=CC2CC(OP(=O)(O)O)CC2C(O)C=CC(=O)O1. The number of cyclic esters (lactones) is 1. The third-order valence-electron chi connectivity index (χ3n) is 4.46. The average Bonchev–Trinajstić information content (AvgIpc) is 2.84. The van der Waals surface area contributed by atoms with Crippen molar-refractivity contribution >= 4 is 13.8 Å². The molecule has 0 saturated heterocycles. The van der Waals surface area contributed by atoms with Gasteiger partial charge in [0.05, 0.1) is 18.3 Å². The van der Waals surface area contributed by atoms with E-state index in [-0.39, 0.29) is 17.9 Å². The second-order valence-electron chi connectivity index (χ2n) is 6.47. The molecule has 5 atom stereocenters. The third kappa shape index (κ3) is 6.15. The summed E-state index contributed by atoms with van der Waals surface area (Å²) in [5.74, 6) is -0.818. The molecule has 2 aliphatic rings. The number of allylic oxidation sites excluding steroid dienone is 2. The smallest absolute Gasteiger partial charge is 0.460 e. The number of carbonyl (C=O) groups is 1. The van der Waals surface area contributed by atoms with E-state index in [1.54, 1.807) is 0 Å². The van der Waals surface area contributed by atoms with E-state index in [1.165, 1.54) is 12.2 Å². The number of carbonyl (C=O) groups excluding carboxylic acids is 1.